The first-order valence-corrected chi connectivity index (χ1v) is 6.53. The van der Waals surface area contributed by atoms with E-state index >= 15 is 0 Å². The molecule has 1 aromatic heterocycles. The van der Waals surface area contributed by atoms with Crippen molar-refractivity contribution in [1.29, 1.82) is 0 Å². The van der Waals surface area contributed by atoms with Crippen LogP contribution in [0.3, 0.4) is 0 Å². The molecule has 0 aliphatic carbocycles. The molecule has 8 heteroatoms. The number of hydrogen-bond acceptors (Lipinski definition) is 3. The predicted molar refractivity (Wildman–Crippen MR) is 59.1 cm³/mol. The van der Waals surface area contributed by atoms with E-state index in [1.807, 2.05) is 0 Å². The maximum atomic E-state index is 12.4. The maximum Gasteiger partial charge on any atom is 0.433 e. The highest BCUT2D eigenvalue weighted by atomic mass is 79.9. The molecule has 0 fully saturated rings. The third-order valence-electron chi connectivity index (χ3n) is 1.75. The van der Waals surface area contributed by atoms with Crippen LogP contribution in [-0.4, -0.2) is 21.1 Å². The van der Waals surface area contributed by atoms with E-state index in [1.54, 1.807) is 6.26 Å². The fraction of sp³-hybridized carbons (Fsp3) is 0.500. The van der Waals surface area contributed by atoms with Crippen molar-refractivity contribution in [3.63, 3.8) is 0 Å². The van der Waals surface area contributed by atoms with Gasteiger partial charge in [0.15, 0.2) is 10.9 Å². The van der Waals surface area contributed by atoms with E-state index in [0.29, 0.717) is 17.9 Å². The van der Waals surface area contributed by atoms with Crippen LogP contribution in [0.5, 0.6) is 0 Å². The number of nitrogens with zero attached hydrogens (tertiary/aromatic N) is 2. The molecule has 3 nitrogen and oxygen atoms in total. The molecule has 0 aliphatic heterocycles. The second-order valence-electron chi connectivity index (χ2n) is 2.80. The zero-order valence-electron chi connectivity index (χ0n) is 8.21. The maximum absolute atomic E-state index is 12.4. The third kappa shape index (κ3) is 3.00. The minimum atomic E-state index is -4.59. The van der Waals surface area contributed by atoms with E-state index in [4.69, 9.17) is 0 Å². The minimum absolute atomic E-state index is 0.0688. The first kappa shape index (κ1) is 13.6. The first-order chi connectivity index (χ1) is 7.40. The van der Waals surface area contributed by atoms with Gasteiger partial charge in [-0.1, -0.05) is 27.7 Å². The van der Waals surface area contributed by atoms with Crippen LogP contribution in [0.1, 0.15) is 5.69 Å². The average molecular weight is 317 g/mol. The topological polar surface area (TPSA) is 34.9 Å². The van der Waals surface area contributed by atoms with E-state index in [1.165, 1.54) is 4.57 Å². The van der Waals surface area contributed by atoms with Crippen molar-refractivity contribution in [1.82, 2.24) is 9.55 Å². The highest BCUT2D eigenvalue weighted by molar-refractivity contribution is 9.09. The molecule has 0 aliphatic rings. The quantitative estimate of drug-likeness (QED) is 0.488. The van der Waals surface area contributed by atoms with Gasteiger partial charge >= 0.3 is 6.18 Å². The van der Waals surface area contributed by atoms with Crippen molar-refractivity contribution in [2.24, 2.45) is 0 Å². The summed E-state index contributed by atoms with van der Waals surface area (Å²) in [6, 6.07) is 0.516. The number of hydrogen-bond donors (Lipinski definition) is 0. The van der Waals surface area contributed by atoms with Gasteiger partial charge in [-0.15, -0.1) is 0 Å². The zero-order valence-corrected chi connectivity index (χ0v) is 10.6. The minimum Gasteiger partial charge on any atom is -0.287 e. The Morgan fingerprint density at radius 3 is 2.62 bits per heavy atom. The molecule has 0 saturated heterocycles. The number of halogens is 4. The summed E-state index contributed by atoms with van der Waals surface area (Å²) in [6.07, 6.45) is -3.01. The average Bonchev–Trinajstić information content (AvgIpc) is 2.19. The van der Waals surface area contributed by atoms with Gasteiger partial charge in [0.25, 0.3) is 5.56 Å². The van der Waals surface area contributed by atoms with Crippen LogP contribution in [-0.2, 0) is 12.7 Å². The summed E-state index contributed by atoms with van der Waals surface area (Å²) in [4.78, 5) is 14.9. The van der Waals surface area contributed by atoms with Crippen LogP contribution in [0.25, 0.3) is 0 Å². The zero-order chi connectivity index (χ0) is 12.3. The van der Waals surface area contributed by atoms with Gasteiger partial charge in [-0.2, -0.15) is 13.2 Å². The van der Waals surface area contributed by atoms with E-state index in [9.17, 15) is 18.0 Å². The van der Waals surface area contributed by atoms with Gasteiger partial charge in [0.1, 0.15) is 0 Å². The lowest BCUT2D eigenvalue weighted by molar-refractivity contribution is -0.141. The van der Waals surface area contributed by atoms with Crippen molar-refractivity contribution in [2.45, 2.75) is 17.9 Å². The lowest BCUT2D eigenvalue weighted by Gasteiger charge is -2.11. The van der Waals surface area contributed by atoms with Crippen LogP contribution < -0.4 is 5.56 Å². The molecule has 0 N–H and O–H groups in total. The second kappa shape index (κ2) is 5.22. The number of aromatic nitrogens is 2. The van der Waals surface area contributed by atoms with E-state index in [-0.39, 0.29) is 5.16 Å². The van der Waals surface area contributed by atoms with E-state index < -0.39 is 17.4 Å². The summed E-state index contributed by atoms with van der Waals surface area (Å²) in [7, 11) is 0. The van der Waals surface area contributed by atoms with Crippen molar-refractivity contribution in [3.05, 3.63) is 22.1 Å². The molecule has 1 heterocycles. The number of alkyl halides is 4. The largest absolute Gasteiger partial charge is 0.433 e. The Hall–Kier alpha value is -0.500. The summed E-state index contributed by atoms with van der Waals surface area (Å²) in [5, 5.41) is 0.548. The Morgan fingerprint density at radius 2 is 2.19 bits per heavy atom. The fourth-order valence-electron chi connectivity index (χ4n) is 1.08. The smallest absolute Gasteiger partial charge is 0.287 e. The van der Waals surface area contributed by atoms with Crippen LogP contribution in [0.2, 0.25) is 0 Å². The monoisotopic (exact) mass is 316 g/mol. The first-order valence-electron chi connectivity index (χ1n) is 4.19. The van der Waals surface area contributed by atoms with Crippen molar-refractivity contribution >= 4 is 27.7 Å². The van der Waals surface area contributed by atoms with Crippen molar-refractivity contribution in [2.75, 3.05) is 11.6 Å². The third-order valence-corrected chi connectivity index (χ3v) is 2.79. The van der Waals surface area contributed by atoms with Gasteiger partial charge in [-0.05, 0) is 6.26 Å². The van der Waals surface area contributed by atoms with Gasteiger partial charge < -0.3 is 0 Å². The molecule has 0 spiro atoms. The molecule has 1 aromatic rings. The Bertz CT molecular complexity index is 432. The summed E-state index contributed by atoms with van der Waals surface area (Å²) in [6.45, 7) is 0.292. The molecule has 0 amide bonds. The van der Waals surface area contributed by atoms with E-state index in [2.05, 4.69) is 20.9 Å². The molecular formula is C8H8BrF3N2OS. The standard InChI is InChI=1S/C8H8BrF3N2OS/c1-16-7-13-5(8(10,11)12)4-6(15)14(7)3-2-9/h4H,2-3H2,1H3. The Morgan fingerprint density at radius 1 is 1.56 bits per heavy atom. The Labute approximate surface area is 102 Å². The highest BCUT2D eigenvalue weighted by Gasteiger charge is 2.33. The molecule has 0 unspecified atom stereocenters. The van der Waals surface area contributed by atoms with Crippen LogP contribution in [0, 0.1) is 0 Å². The SMILES string of the molecule is CSc1nc(C(F)(F)F)cc(=O)n1CCBr. The highest BCUT2D eigenvalue weighted by Crippen LogP contribution is 2.27. The molecule has 0 bridgehead atoms. The van der Waals surface area contributed by atoms with E-state index in [0.717, 1.165) is 11.8 Å². The molecule has 0 radical (unpaired) electrons. The molecule has 90 valence electrons. The van der Waals surface area contributed by atoms with Gasteiger partial charge in [-0.25, -0.2) is 4.98 Å². The Kier molecular flexibility index (Phi) is 4.43. The van der Waals surface area contributed by atoms with Crippen LogP contribution in [0.4, 0.5) is 13.2 Å². The number of rotatable bonds is 3. The molecule has 16 heavy (non-hydrogen) atoms. The second-order valence-corrected chi connectivity index (χ2v) is 4.37. The summed E-state index contributed by atoms with van der Waals surface area (Å²) in [5.41, 5.74) is -1.83. The molecule has 0 saturated carbocycles. The Balaban J connectivity index is 3.32. The van der Waals surface area contributed by atoms with Gasteiger partial charge in [0, 0.05) is 17.9 Å². The van der Waals surface area contributed by atoms with Gasteiger partial charge in [-0.3, -0.25) is 9.36 Å². The van der Waals surface area contributed by atoms with Gasteiger partial charge in [0.2, 0.25) is 0 Å². The molecule has 0 aromatic carbocycles. The molecular weight excluding hydrogens is 309 g/mol. The van der Waals surface area contributed by atoms with Crippen molar-refractivity contribution < 1.29 is 13.2 Å². The van der Waals surface area contributed by atoms with Gasteiger partial charge in [0.05, 0.1) is 0 Å². The van der Waals surface area contributed by atoms with Crippen LogP contribution >= 0.6 is 27.7 Å². The summed E-state index contributed by atoms with van der Waals surface area (Å²) in [5.74, 6) is 0. The van der Waals surface area contributed by atoms with Crippen LogP contribution in [0.15, 0.2) is 16.0 Å². The fourth-order valence-corrected chi connectivity index (χ4v) is 2.02. The summed E-state index contributed by atoms with van der Waals surface area (Å²) < 4.78 is 38.3. The molecule has 1 rings (SSSR count). The normalized spacial score (nSPS) is 11.8. The van der Waals surface area contributed by atoms with Crippen molar-refractivity contribution in [3.8, 4) is 0 Å². The molecule has 0 atom stereocenters. The number of thioether (sulfide) groups is 1. The predicted octanol–water partition coefficient (Wildman–Crippen LogP) is 2.38. The summed E-state index contributed by atoms with van der Waals surface area (Å²) >= 11 is 4.13. The lowest BCUT2D eigenvalue weighted by Crippen LogP contribution is -2.26. The lowest BCUT2D eigenvalue weighted by atomic mass is 10.4.